The summed E-state index contributed by atoms with van der Waals surface area (Å²) >= 11 is 5.83. The van der Waals surface area contributed by atoms with Gasteiger partial charge >= 0.3 is 0 Å². The summed E-state index contributed by atoms with van der Waals surface area (Å²) in [5.74, 6) is 5.07. The van der Waals surface area contributed by atoms with Gasteiger partial charge in [0.2, 0.25) is 0 Å². The first kappa shape index (κ1) is 8.33. The molecule has 1 aromatic rings. The van der Waals surface area contributed by atoms with Crippen LogP contribution in [0.25, 0.3) is 0 Å². The number of halogens is 1. The average molecular weight is 172 g/mol. The second-order valence-corrected chi connectivity index (χ2v) is 2.44. The molecule has 0 saturated carbocycles. The number of benzene rings is 1. The molecular weight excluding hydrogens is 162 g/mol. The third-order valence-corrected chi connectivity index (χ3v) is 1.58. The first-order valence-electron chi connectivity index (χ1n) is 3.26. The number of rotatable bonds is 3. The Hall–Kier alpha value is -0.770. The van der Waals surface area contributed by atoms with Gasteiger partial charge in [0.05, 0.1) is 17.4 Å². The van der Waals surface area contributed by atoms with Gasteiger partial charge in [-0.15, -0.1) is 0 Å². The van der Waals surface area contributed by atoms with Crippen molar-refractivity contribution in [3.63, 3.8) is 0 Å². The van der Waals surface area contributed by atoms with Gasteiger partial charge in [0.25, 0.3) is 0 Å². The monoisotopic (exact) mass is 171 g/mol. The van der Waals surface area contributed by atoms with Crippen LogP contribution in [0, 0.1) is 0 Å². The minimum absolute atomic E-state index is 0.504. The van der Waals surface area contributed by atoms with Crippen LogP contribution in [-0.4, -0.2) is 6.67 Å². The summed E-state index contributed by atoms with van der Waals surface area (Å²) in [5, 5.41) is 3.69. The molecule has 0 aliphatic heterocycles. The van der Waals surface area contributed by atoms with E-state index in [1.54, 1.807) is 0 Å². The lowest BCUT2D eigenvalue weighted by Crippen LogP contribution is -2.28. The zero-order chi connectivity index (χ0) is 8.10. The molecule has 0 bridgehead atoms. The maximum absolute atomic E-state index is 5.83. The van der Waals surface area contributed by atoms with E-state index in [2.05, 4.69) is 10.7 Å². The highest BCUT2D eigenvalue weighted by molar-refractivity contribution is 6.33. The van der Waals surface area contributed by atoms with Crippen molar-refractivity contribution >= 4 is 17.3 Å². The van der Waals surface area contributed by atoms with Gasteiger partial charge in [0.1, 0.15) is 0 Å². The molecule has 0 saturated heterocycles. The number of hydrazine groups is 1. The number of nitrogens with two attached hydrogens (primary N) is 1. The molecule has 0 aromatic heterocycles. The van der Waals surface area contributed by atoms with Crippen molar-refractivity contribution in [2.45, 2.75) is 0 Å². The van der Waals surface area contributed by atoms with E-state index in [1.807, 2.05) is 24.3 Å². The molecule has 0 amide bonds. The van der Waals surface area contributed by atoms with Crippen LogP contribution in [0.15, 0.2) is 24.3 Å². The summed E-state index contributed by atoms with van der Waals surface area (Å²) in [7, 11) is 0. The van der Waals surface area contributed by atoms with Gasteiger partial charge in [-0.1, -0.05) is 23.7 Å². The fraction of sp³-hybridized carbons (Fsp3) is 0.143. The summed E-state index contributed by atoms with van der Waals surface area (Å²) in [6.07, 6.45) is 0. The van der Waals surface area contributed by atoms with E-state index in [-0.39, 0.29) is 0 Å². The molecule has 0 unspecified atom stereocenters. The Labute approximate surface area is 70.5 Å². The van der Waals surface area contributed by atoms with E-state index in [0.29, 0.717) is 11.7 Å². The number of hydrogen-bond donors (Lipinski definition) is 3. The molecule has 0 fully saturated rings. The summed E-state index contributed by atoms with van der Waals surface area (Å²) in [6, 6.07) is 7.49. The van der Waals surface area contributed by atoms with Crippen LogP contribution in [0.4, 0.5) is 5.69 Å². The topological polar surface area (TPSA) is 50.1 Å². The van der Waals surface area contributed by atoms with E-state index in [0.717, 1.165) is 5.69 Å². The van der Waals surface area contributed by atoms with Gasteiger partial charge in [-0.2, -0.15) is 0 Å². The highest BCUT2D eigenvalue weighted by atomic mass is 35.5. The molecular formula is C7H10ClN3. The molecule has 0 aliphatic rings. The van der Waals surface area contributed by atoms with Crippen molar-refractivity contribution in [1.82, 2.24) is 5.43 Å². The third kappa shape index (κ3) is 2.38. The van der Waals surface area contributed by atoms with E-state index >= 15 is 0 Å². The van der Waals surface area contributed by atoms with Crippen molar-refractivity contribution in [2.24, 2.45) is 5.84 Å². The van der Waals surface area contributed by atoms with Crippen LogP contribution in [-0.2, 0) is 0 Å². The van der Waals surface area contributed by atoms with Crippen LogP contribution in [0.3, 0.4) is 0 Å². The standard InChI is InChI=1S/C7H10ClN3/c8-6-3-1-2-4-7(6)10-5-11-9/h1-4,10-11H,5,9H2. The molecule has 60 valence electrons. The first-order chi connectivity index (χ1) is 5.34. The van der Waals surface area contributed by atoms with Crippen LogP contribution < -0.4 is 16.6 Å². The zero-order valence-electron chi connectivity index (χ0n) is 5.97. The fourth-order valence-electron chi connectivity index (χ4n) is 0.751. The van der Waals surface area contributed by atoms with Gasteiger partial charge in [-0.25, -0.2) is 5.43 Å². The van der Waals surface area contributed by atoms with Crippen LogP contribution in [0.5, 0.6) is 0 Å². The van der Waals surface area contributed by atoms with Crippen molar-refractivity contribution in [3.8, 4) is 0 Å². The van der Waals surface area contributed by atoms with Gasteiger partial charge in [0, 0.05) is 0 Å². The molecule has 1 aromatic carbocycles. The van der Waals surface area contributed by atoms with E-state index in [1.165, 1.54) is 0 Å². The Bertz CT molecular complexity index is 227. The predicted molar refractivity (Wildman–Crippen MR) is 47.3 cm³/mol. The number of hydrogen-bond acceptors (Lipinski definition) is 3. The number of para-hydroxylation sites is 1. The molecule has 4 N–H and O–H groups in total. The van der Waals surface area contributed by atoms with E-state index < -0.39 is 0 Å². The molecule has 4 heteroatoms. The Kier molecular flexibility index (Phi) is 3.16. The van der Waals surface area contributed by atoms with E-state index in [9.17, 15) is 0 Å². The Balaban J connectivity index is 2.62. The van der Waals surface area contributed by atoms with Crippen molar-refractivity contribution in [1.29, 1.82) is 0 Å². The summed E-state index contributed by atoms with van der Waals surface area (Å²) < 4.78 is 0. The largest absolute Gasteiger partial charge is 0.370 e. The lowest BCUT2D eigenvalue weighted by atomic mass is 10.3. The zero-order valence-corrected chi connectivity index (χ0v) is 6.73. The van der Waals surface area contributed by atoms with Gasteiger partial charge in [-0.3, -0.25) is 5.84 Å². The summed E-state index contributed by atoms with van der Waals surface area (Å²) in [4.78, 5) is 0. The summed E-state index contributed by atoms with van der Waals surface area (Å²) in [5.41, 5.74) is 3.36. The number of anilines is 1. The Morgan fingerprint density at radius 1 is 1.36 bits per heavy atom. The quantitative estimate of drug-likeness (QED) is 0.364. The third-order valence-electron chi connectivity index (χ3n) is 1.25. The van der Waals surface area contributed by atoms with E-state index in [4.69, 9.17) is 17.4 Å². The maximum Gasteiger partial charge on any atom is 0.0781 e. The lowest BCUT2D eigenvalue weighted by molar-refractivity contribution is 0.790. The first-order valence-corrected chi connectivity index (χ1v) is 3.64. The molecule has 1 rings (SSSR count). The van der Waals surface area contributed by atoms with Gasteiger partial charge < -0.3 is 5.32 Å². The maximum atomic E-state index is 5.83. The second-order valence-electron chi connectivity index (χ2n) is 2.04. The lowest BCUT2D eigenvalue weighted by Gasteiger charge is -2.05. The molecule has 0 aliphatic carbocycles. The van der Waals surface area contributed by atoms with Crippen molar-refractivity contribution in [2.75, 3.05) is 12.0 Å². The van der Waals surface area contributed by atoms with Crippen LogP contribution in [0.1, 0.15) is 0 Å². The van der Waals surface area contributed by atoms with Gasteiger partial charge in [0.15, 0.2) is 0 Å². The second kappa shape index (κ2) is 4.18. The van der Waals surface area contributed by atoms with Crippen LogP contribution in [0.2, 0.25) is 5.02 Å². The normalized spacial score (nSPS) is 9.64. The Morgan fingerprint density at radius 3 is 2.73 bits per heavy atom. The molecule has 3 nitrogen and oxygen atoms in total. The van der Waals surface area contributed by atoms with Crippen molar-refractivity contribution < 1.29 is 0 Å². The Morgan fingerprint density at radius 2 is 2.09 bits per heavy atom. The highest BCUT2D eigenvalue weighted by Crippen LogP contribution is 2.19. The SMILES string of the molecule is NNCNc1ccccc1Cl. The van der Waals surface area contributed by atoms with Crippen molar-refractivity contribution in [3.05, 3.63) is 29.3 Å². The molecule has 0 spiro atoms. The number of nitrogens with one attached hydrogen (secondary N) is 2. The molecule has 0 heterocycles. The minimum Gasteiger partial charge on any atom is -0.370 e. The molecule has 0 radical (unpaired) electrons. The molecule has 11 heavy (non-hydrogen) atoms. The van der Waals surface area contributed by atoms with Gasteiger partial charge in [-0.05, 0) is 12.1 Å². The average Bonchev–Trinajstić information content (AvgIpc) is 2.03. The highest BCUT2D eigenvalue weighted by Gasteiger charge is 1.94. The van der Waals surface area contributed by atoms with Crippen LogP contribution >= 0.6 is 11.6 Å². The predicted octanol–water partition coefficient (Wildman–Crippen LogP) is 1.17. The smallest absolute Gasteiger partial charge is 0.0781 e. The molecule has 0 atom stereocenters. The fourth-order valence-corrected chi connectivity index (χ4v) is 0.953. The summed E-state index contributed by atoms with van der Waals surface area (Å²) in [6.45, 7) is 0.504. The minimum atomic E-state index is 0.504.